The van der Waals surface area contributed by atoms with Gasteiger partial charge in [0.15, 0.2) is 0 Å². The molecular formula is C9H12O. The molecular weight excluding hydrogens is 124 g/mol. The topological polar surface area (TPSA) is 20.2 Å². The van der Waals surface area contributed by atoms with Gasteiger partial charge in [-0.2, -0.15) is 0 Å². The maximum absolute atomic E-state index is 9.45. The van der Waals surface area contributed by atoms with Crippen molar-refractivity contribution < 1.29 is 5.11 Å². The van der Waals surface area contributed by atoms with Crippen LogP contribution in [0.5, 0.6) is 0 Å². The highest BCUT2D eigenvalue weighted by molar-refractivity contribution is 5.17. The quantitative estimate of drug-likeness (QED) is 0.496. The summed E-state index contributed by atoms with van der Waals surface area (Å²) in [4.78, 5) is 0. The number of allylic oxidation sites excluding steroid dienone is 1. The zero-order valence-electron chi connectivity index (χ0n) is 5.90. The van der Waals surface area contributed by atoms with E-state index in [4.69, 9.17) is 0 Å². The molecule has 0 amide bonds. The van der Waals surface area contributed by atoms with Crippen molar-refractivity contribution in [2.75, 3.05) is 0 Å². The summed E-state index contributed by atoms with van der Waals surface area (Å²) in [6, 6.07) is 0. The van der Waals surface area contributed by atoms with Crippen molar-refractivity contribution in [2.24, 2.45) is 23.7 Å². The van der Waals surface area contributed by atoms with Crippen LogP contribution in [-0.2, 0) is 0 Å². The van der Waals surface area contributed by atoms with Crippen molar-refractivity contribution in [1.82, 2.24) is 0 Å². The van der Waals surface area contributed by atoms with Crippen molar-refractivity contribution in [3.63, 3.8) is 0 Å². The first-order valence-corrected chi connectivity index (χ1v) is 4.22. The van der Waals surface area contributed by atoms with Crippen LogP contribution in [0.1, 0.15) is 12.8 Å². The van der Waals surface area contributed by atoms with E-state index in [1.807, 2.05) is 6.08 Å². The largest absolute Gasteiger partial charge is 0.389 e. The molecule has 0 saturated heterocycles. The number of fused-ring (bicyclic) bond motifs is 3. The number of aliphatic hydroxyl groups is 1. The summed E-state index contributed by atoms with van der Waals surface area (Å²) >= 11 is 0. The van der Waals surface area contributed by atoms with Gasteiger partial charge in [0.2, 0.25) is 0 Å². The Kier molecular flexibility index (Phi) is 0.791. The molecule has 0 spiro atoms. The van der Waals surface area contributed by atoms with Gasteiger partial charge in [-0.05, 0) is 36.5 Å². The molecule has 1 heteroatoms. The van der Waals surface area contributed by atoms with E-state index in [1.165, 1.54) is 12.8 Å². The lowest BCUT2D eigenvalue weighted by Gasteiger charge is -2.00. The van der Waals surface area contributed by atoms with Crippen LogP contribution in [0, 0.1) is 23.7 Å². The third kappa shape index (κ3) is 0.567. The Morgan fingerprint density at radius 2 is 1.90 bits per heavy atom. The maximum Gasteiger partial charge on any atom is 0.0752 e. The molecule has 3 rings (SSSR count). The van der Waals surface area contributed by atoms with E-state index in [0.29, 0.717) is 5.92 Å². The van der Waals surface area contributed by atoms with Crippen molar-refractivity contribution in [2.45, 2.75) is 18.9 Å². The average molecular weight is 136 g/mol. The predicted molar refractivity (Wildman–Crippen MR) is 38.3 cm³/mol. The SMILES string of the molecule is O[C@H]1C=C[C@@H]2C[C@@H]2[C@@H]2C[C@@H]21. The van der Waals surface area contributed by atoms with Crippen LogP contribution in [0.3, 0.4) is 0 Å². The van der Waals surface area contributed by atoms with E-state index in [1.54, 1.807) is 0 Å². The highest BCUT2D eigenvalue weighted by Crippen LogP contribution is 2.61. The first kappa shape index (κ1) is 5.36. The van der Waals surface area contributed by atoms with E-state index in [-0.39, 0.29) is 6.10 Å². The van der Waals surface area contributed by atoms with Gasteiger partial charge in [0, 0.05) is 0 Å². The van der Waals surface area contributed by atoms with Gasteiger partial charge in [-0.25, -0.2) is 0 Å². The van der Waals surface area contributed by atoms with Gasteiger partial charge in [0.25, 0.3) is 0 Å². The van der Waals surface area contributed by atoms with Crippen molar-refractivity contribution in [3.8, 4) is 0 Å². The molecule has 2 fully saturated rings. The van der Waals surface area contributed by atoms with Gasteiger partial charge < -0.3 is 5.11 Å². The molecule has 0 unspecified atom stereocenters. The van der Waals surface area contributed by atoms with Gasteiger partial charge in [0.05, 0.1) is 6.10 Å². The standard InChI is InChI=1S/C9H12O/c10-9-2-1-5-3-6(5)7-4-8(7)9/h1-2,5-10H,3-4H2/t5-,6+,7+,8+,9+/m1/s1. The van der Waals surface area contributed by atoms with Gasteiger partial charge in [-0.3, -0.25) is 0 Å². The predicted octanol–water partition coefficient (Wildman–Crippen LogP) is 1.19. The van der Waals surface area contributed by atoms with Crippen LogP contribution >= 0.6 is 0 Å². The fourth-order valence-corrected chi connectivity index (χ4v) is 2.47. The zero-order valence-corrected chi connectivity index (χ0v) is 5.90. The molecule has 0 aromatic carbocycles. The minimum absolute atomic E-state index is 0.0993. The Morgan fingerprint density at radius 3 is 2.80 bits per heavy atom. The summed E-state index contributed by atoms with van der Waals surface area (Å²) in [5.74, 6) is 3.37. The van der Waals surface area contributed by atoms with Gasteiger partial charge >= 0.3 is 0 Å². The van der Waals surface area contributed by atoms with Crippen LogP contribution in [0.2, 0.25) is 0 Å². The Bertz CT molecular complexity index is 197. The lowest BCUT2D eigenvalue weighted by atomic mass is 10.1. The first-order chi connectivity index (χ1) is 4.86. The van der Waals surface area contributed by atoms with Crippen LogP contribution in [0.4, 0.5) is 0 Å². The highest BCUT2D eigenvalue weighted by Gasteiger charge is 2.55. The Hall–Kier alpha value is -0.300. The molecule has 1 N–H and O–H groups in total. The summed E-state index contributed by atoms with van der Waals surface area (Å²) in [6.45, 7) is 0. The van der Waals surface area contributed by atoms with Crippen molar-refractivity contribution in [3.05, 3.63) is 12.2 Å². The molecule has 0 heterocycles. The van der Waals surface area contributed by atoms with Gasteiger partial charge in [0.1, 0.15) is 0 Å². The fourth-order valence-electron chi connectivity index (χ4n) is 2.47. The number of hydrogen-bond donors (Lipinski definition) is 1. The lowest BCUT2D eigenvalue weighted by Crippen LogP contribution is -2.05. The minimum atomic E-state index is -0.0993. The minimum Gasteiger partial charge on any atom is -0.389 e. The van der Waals surface area contributed by atoms with E-state index >= 15 is 0 Å². The van der Waals surface area contributed by atoms with Crippen molar-refractivity contribution in [1.29, 1.82) is 0 Å². The Labute approximate surface area is 60.7 Å². The molecule has 2 saturated carbocycles. The maximum atomic E-state index is 9.45. The number of aliphatic hydroxyl groups excluding tert-OH is 1. The second-order valence-electron chi connectivity index (χ2n) is 4.00. The molecule has 54 valence electrons. The third-order valence-electron chi connectivity index (χ3n) is 3.33. The molecule has 3 aliphatic rings. The smallest absolute Gasteiger partial charge is 0.0752 e. The molecule has 5 atom stereocenters. The van der Waals surface area contributed by atoms with Crippen LogP contribution in [0.15, 0.2) is 12.2 Å². The highest BCUT2D eigenvalue weighted by atomic mass is 16.3. The molecule has 0 bridgehead atoms. The molecule has 0 aromatic heterocycles. The third-order valence-corrected chi connectivity index (χ3v) is 3.33. The second-order valence-corrected chi connectivity index (χ2v) is 4.00. The van der Waals surface area contributed by atoms with E-state index in [2.05, 4.69) is 6.08 Å². The molecule has 3 aliphatic carbocycles. The summed E-state index contributed by atoms with van der Waals surface area (Å²) in [5.41, 5.74) is 0. The summed E-state index contributed by atoms with van der Waals surface area (Å²) < 4.78 is 0. The average Bonchev–Trinajstić information content (AvgIpc) is 2.71. The summed E-state index contributed by atoms with van der Waals surface area (Å²) in [7, 11) is 0. The van der Waals surface area contributed by atoms with Crippen molar-refractivity contribution >= 4 is 0 Å². The van der Waals surface area contributed by atoms with E-state index in [9.17, 15) is 5.11 Å². The molecule has 10 heavy (non-hydrogen) atoms. The van der Waals surface area contributed by atoms with Crippen LogP contribution < -0.4 is 0 Å². The Balaban J connectivity index is 1.91. The number of rotatable bonds is 0. The second kappa shape index (κ2) is 1.48. The van der Waals surface area contributed by atoms with E-state index < -0.39 is 0 Å². The van der Waals surface area contributed by atoms with E-state index in [0.717, 1.165) is 17.8 Å². The molecule has 0 aromatic rings. The van der Waals surface area contributed by atoms with Gasteiger partial charge in [-0.15, -0.1) is 0 Å². The summed E-state index contributed by atoms with van der Waals surface area (Å²) in [5, 5.41) is 9.45. The normalized spacial score (nSPS) is 62.3. The summed E-state index contributed by atoms with van der Waals surface area (Å²) in [6.07, 6.45) is 6.85. The molecule has 0 radical (unpaired) electrons. The molecule has 1 nitrogen and oxygen atoms in total. The fraction of sp³-hybridized carbons (Fsp3) is 0.778. The Morgan fingerprint density at radius 1 is 1.00 bits per heavy atom. The molecule has 0 aliphatic heterocycles. The van der Waals surface area contributed by atoms with Crippen LogP contribution in [0.25, 0.3) is 0 Å². The first-order valence-electron chi connectivity index (χ1n) is 4.22. The lowest BCUT2D eigenvalue weighted by molar-refractivity contribution is 0.192. The monoisotopic (exact) mass is 136 g/mol. The zero-order chi connectivity index (χ0) is 6.72. The van der Waals surface area contributed by atoms with Gasteiger partial charge in [-0.1, -0.05) is 12.2 Å². The number of hydrogen-bond acceptors (Lipinski definition) is 1. The van der Waals surface area contributed by atoms with Crippen LogP contribution in [-0.4, -0.2) is 11.2 Å².